The zero-order valence-corrected chi connectivity index (χ0v) is 14.8. The number of hydrogen-bond acceptors (Lipinski definition) is 4. The van der Waals surface area contributed by atoms with Crippen LogP contribution in [-0.2, 0) is 34.0 Å². The SMILES string of the molecule is CS(=O)(=O)c1ccc(CNC(=O)C2(O)CCc3ccccc3C2)cc1. The standard InChI is InChI=1S/C19H21NO4S/c1-25(23,24)17-8-6-14(7-9-17)13-20-18(21)19(22)11-10-15-4-2-3-5-16(15)12-19/h2-9,22H,10-13H2,1H3,(H,20,21). The summed E-state index contributed by atoms with van der Waals surface area (Å²) in [5, 5.41) is 13.5. The summed E-state index contributed by atoms with van der Waals surface area (Å²) in [6, 6.07) is 14.2. The molecule has 2 N–H and O–H groups in total. The lowest BCUT2D eigenvalue weighted by molar-refractivity contribution is -0.141. The molecule has 2 aromatic rings. The van der Waals surface area contributed by atoms with E-state index < -0.39 is 21.3 Å². The second-order valence-corrected chi connectivity index (χ2v) is 8.59. The van der Waals surface area contributed by atoms with Crippen molar-refractivity contribution in [1.29, 1.82) is 0 Å². The van der Waals surface area contributed by atoms with Crippen LogP contribution in [0, 0.1) is 0 Å². The first-order valence-corrected chi connectivity index (χ1v) is 10.0. The van der Waals surface area contributed by atoms with Crippen LogP contribution in [-0.4, -0.2) is 31.3 Å². The molecule has 0 saturated heterocycles. The normalized spacial score (nSPS) is 19.9. The predicted octanol–water partition coefficient (Wildman–Crippen LogP) is 1.63. The number of sulfone groups is 1. The zero-order chi connectivity index (χ0) is 18.1. The molecular formula is C19H21NO4S. The highest BCUT2D eigenvalue weighted by Gasteiger charge is 2.38. The molecular weight excluding hydrogens is 338 g/mol. The van der Waals surface area contributed by atoms with Crippen LogP contribution in [0.1, 0.15) is 23.1 Å². The van der Waals surface area contributed by atoms with Gasteiger partial charge in [0.05, 0.1) is 4.90 Å². The van der Waals surface area contributed by atoms with Gasteiger partial charge in [-0.25, -0.2) is 8.42 Å². The van der Waals surface area contributed by atoms with E-state index in [9.17, 15) is 18.3 Å². The van der Waals surface area contributed by atoms with Gasteiger partial charge >= 0.3 is 0 Å². The first kappa shape index (κ1) is 17.6. The van der Waals surface area contributed by atoms with E-state index >= 15 is 0 Å². The van der Waals surface area contributed by atoms with Crippen LogP contribution in [0.25, 0.3) is 0 Å². The maximum absolute atomic E-state index is 12.5. The lowest BCUT2D eigenvalue weighted by Crippen LogP contribution is -2.50. The van der Waals surface area contributed by atoms with Crippen LogP contribution in [0.4, 0.5) is 0 Å². The van der Waals surface area contributed by atoms with Gasteiger partial charge in [-0.05, 0) is 41.7 Å². The summed E-state index contributed by atoms with van der Waals surface area (Å²) < 4.78 is 22.9. The van der Waals surface area contributed by atoms with Crippen LogP contribution in [0.15, 0.2) is 53.4 Å². The van der Waals surface area contributed by atoms with E-state index in [2.05, 4.69) is 5.32 Å². The molecule has 132 valence electrons. The first-order valence-electron chi connectivity index (χ1n) is 8.14. The van der Waals surface area contributed by atoms with Crippen LogP contribution >= 0.6 is 0 Å². The van der Waals surface area contributed by atoms with E-state index in [1.54, 1.807) is 12.1 Å². The number of amides is 1. The molecule has 25 heavy (non-hydrogen) atoms. The van der Waals surface area contributed by atoms with Crippen molar-refractivity contribution in [3.05, 3.63) is 65.2 Å². The van der Waals surface area contributed by atoms with Gasteiger partial charge in [0.25, 0.3) is 5.91 Å². The highest BCUT2D eigenvalue weighted by Crippen LogP contribution is 2.29. The molecule has 0 aromatic heterocycles. The minimum Gasteiger partial charge on any atom is -0.380 e. The lowest BCUT2D eigenvalue weighted by Gasteiger charge is -2.32. The van der Waals surface area contributed by atoms with E-state index in [-0.39, 0.29) is 11.4 Å². The molecule has 1 aliphatic rings. The summed E-state index contributed by atoms with van der Waals surface area (Å²) in [5.74, 6) is -0.394. The van der Waals surface area contributed by atoms with E-state index in [0.29, 0.717) is 19.3 Å². The van der Waals surface area contributed by atoms with Gasteiger partial charge in [-0.3, -0.25) is 4.79 Å². The molecule has 5 nitrogen and oxygen atoms in total. The summed E-state index contributed by atoms with van der Waals surface area (Å²) >= 11 is 0. The molecule has 0 heterocycles. The van der Waals surface area contributed by atoms with Crippen molar-refractivity contribution in [3.63, 3.8) is 0 Å². The second kappa shape index (κ2) is 6.61. The van der Waals surface area contributed by atoms with Crippen molar-refractivity contribution in [2.24, 2.45) is 0 Å². The second-order valence-electron chi connectivity index (χ2n) is 6.58. The molecule has 6 heteroatoms. The molecule has 1 unspecified atom stereocenters. The van der Waals surface area contributed by atoms with E-state index in [0.717, 1.165) is 17.4 Å². The highest BCUT2D eigenvalue weighted by molar-refractivity contribution is 7.90. The van der Waals surface area contributed by atoms with Crippen molar-refractivity contribution in [3.8, 4) is 0 Å². The molecule has 0 fully saturated rings. The Kier molecular flexibility index (Phi) is 4.67. The maximum atomic E-state index is 12.5. The molecule has 0 radical (unpaired) electrons. The summed E-state index contributed by atoms with van der Waals surface area (Å²) in [6.07, 6.45) is 2.52. The number of hydrogen-bond donors (Lipinski definition) is 2. The van der Waals surface area contributed by atoms with Crippen LogP contribution in [0.3, 0.4) is 0 Å². The van der Waals surface area contributed by atoms with Crippen molar-refractivity contribution in [2.45, 2.75) is 36.3 Å². The molecule has 0 spiro atoms. The summed E-state index contributed by atoms with van der Waals surface area (Å²) in [7, 11) is -3.23. The van der Waals surface area contributed by atoms with Crippen LogP contribution in [0.5, 0.6) is 0 Å². The van der Waals surface area contributed by atoms with Crippen molar-refractivity contribution < 1.29 is 18.3 Å². The lowest BCUT2D eigenvalue weighted by atomic mass is 9.80. The Balaban J connectivity index is 1.65. The number of fused-ring (bicyclic) bond motifs is 1. The van der Waals surface area contributed by atoms with Gasteiger partial charge in [-0.1, -0.05) is 36.4 Å². The Hall–Kier alpha value is -2.18. The van der Waals surface area contributed by atoms with Gasteiger partial charge in [0, 0.05) is 19.2 Å². The van der Waals surface area contributed by atoms with Crippen LogP contribution < -0.4 is 5.32 Å². The molecule has 3 rings (SSSR count). The average Bonchev–Trinajstić information content (AvgIpc) is 2.59. The fourth-order valence-corrected chi connectivity index (χ4v) is 3.74. The Morgan fingerprint density at radius 1 is 1.12 bits per heavy atom. The average molecular weight is 359 g/mol. The van der Waals surface area contributed by atoms with Gasteiger partial charge in [0.2, 0.25) is 0 Å². The molecule has 1 atom stereocenters. The minimum atomic E-state index is -3.23. The minimum absolute atomic E-state index is 0.241. The summed E-state index contributed by atoms with van der Waals surface area (Å²) in [4.78, 5) is 12.7. The largest absolute Gasteiger partial charge is 0.380 e. The number of carbonyl (C=O) groups excluding carboxylic acids is 1. The third-order valence-electron chi connectivity index (χ3n) is 4.64. The van der Waals surface area contributed by atoms with Crippen molar-refractivity contribution >= 4 is 15.7 Å². The number of aryl methyl sites for hydroxylation is 1. The molecule has 0 saturated carbocycles. The van der Waals surface area contributed by atoms with E-state index in [1.165, 1.54) is 17.7 Å². The number of rotatable bonds is 4. The first-order chi connectivity index (χ1) is 11.8. The summed E-state index contributed by atoms with van der Waals surface area (Å²) in [6.45, 7) is 0.243. The fourth-order valence-electron chi connectivity index (χ4n) is 3.11. The predicted molar refractivity (Wildman–Crippen MR) is 94.8 cm³/mol. The number of nitrogens with one attached hydrogen (secondary N) is 1. The highest BCUT2D eigenvalue weighted by atomic mass is 32.2. The number of aliphatic hydroxyl groups is 1. The monoisotopic (exact) mass is 359 g/mol. The molecule has 0 bridgehead atoms. The number of benzene rings is 2. The Bertz CT molecular complexity index is 890. The van der Waals surface area contributed by atoms with Gasteiger partial charge in [-0.2, -0.15) is 0 Å². The molecule has 0 aliphatic heterocycles. The number of carbonyl (C=O) groups is 1. The van der Waals surface area contributed by atoms with Crippen molar-refractivity contribution in [2.75, 3.05) is 6.26 Å². The molecule has 1 aliphatic carbocycles. The third kappa shape index (κ3) is 3.91. The van der Waals surface area contributed by atoms with Crippen molar-refractivity contribution in [1.82, 2.24) is 5.32 Å². The third-order valence-corrected chi connectivity index (χ3v) is 5.76. The van der Waals surface area contributed by atoms with E-state index in [4.69, 9.17) is 0 Å². The molecule has 1 amide bonds. The zero-order valence-electron chi connectivity index (χ0n) is 14.0. The van der Waals surface area contributed by atoms with Gasteiger partial charge < -0.3 is 10.4 Å². The molecule has 2 aromatic carbocycles. The summed E-state index contributed by atoms with van der Waals surface area (Å²) in [5.41, 5.74) is 1.56. The smallest absolute Gasteiger partial charge is 0.252 e. The Morgan fingerprint density at radius 2 is 1.76 bits per heavy atom. The Labute approximate surface area is 147 Å². The van der Waals surface area contributed by atoms with Gasteiger partial charge in [0.1, 0.15) is 5.60 Å². The van der Waals surface area contributed by atoms with Crippen LogP contribution in [0.2, 0.25) is 0 Å². The van der Waals surface area contributed by atoms with E-state index in [1.807, 2.05) is 24.3 Å². The quantitative estimate of drug-likeness (QED) is 0.869. The topological polar surface area (TPSA) is 83.5 Å². The van der Waals surface area contributed by atoms with Gasteiger partial charge in [0.15, 0.2) is 9.84 Å². The van der Waals surface area contributed by atoms with Gasteiger partial charge in [-0.15, -0.1) is 0 Å². The maximum Gasteiger partial charge on any atom is 0.252 e. The fraction of sp³-hybridized carbons (Fsp3) is 0.316. The Morgan fingerprint density at radius 3 is 2.40 bits per heavy atom.